The summed E-state index contributed by atoms with van der Waals surface area (Å²) in [6.07, 6.45) is 1.30. The number of carbonyl (C=O) groups excluding carboxylic acids is 1. The van der Waals surface area contributed by atoms with Crippen molar-refractivity contribution in [2.24, 2.45) is 0 Å². The van der Waals surface area contributed by atoms with Crippen molar-refractivity contribution in [1.29, 1.82) is 0 Å². The summed E-state index contributed by atoms with van der Waals surface area (Å²) in [6, 6.07) is 10.9. The van der Waals surface area contributed by atoms with Gasteiger partial charge in [0.05, 0.1) is 21.7 Å². The largest absolute Gasteiger partial charge is 0.478 e. The van der Waals surface area contributed by atoms with E-state index in [-0.39, 0.29) is 32.8 Å². The summed E-state index contributed by atoms with van der Waals surface area (Å²) in [6.45, 7) is 1.74. The minimum absolute atomic E-state index is 0.0480. The highest BCUT2D eigenvalue weighted by molar-refractivity contribution is 6.31. The predicted molar refractivity (Wildman–Crippen MR) is 110 cm³/mol. The van der Waals surface area contributed by atoms with Gasteiger partial charge >= 0.3 is 5.97 Å². The molecule has 3 rings (SSSR count). The normalized spacial score (nSPS) is 11.6. The number of rotatable bonds is 6. The van der Waals surface area contributed by atoms with Gasteiger partial charge in [-0.05, 0) is 42.8 Å². The van der Waals surface area contributed by atoms with Crippen LogP contribution in [0.15, 0.2) is 54.7 Å². The molecule has 0 spiro atoms. The second-order valence-corrected chi connectivity index (χ2v) is 7.15. The molecule has 2 aromatic carbocycles. The molecule has 154 valence electrons. The molecule has 6 nitrogen and oxygen atoms in total. The first-order valence-corrected chi connectivity index (χ1v) is 9.42. The fourth-order valence-electron chi connectivity index (χ4n) is 2.59. The summed E-state index contributed by atoms with van der Waals surface area (Å²) in [5.74, 6) is -2.19. The quantitative estimate of drug-likeness (QED) is 0.518. The van der Waals surface area contributed by atoms with Crippen LogP contribution in [-0.2, 0) is 0 Å². The number of carboxylic acid groups (broad SMARTS) is 1. The standard InChI is InChI=1S/C21H15Cl2FN2O4/c1-11(12-2-4-13(5-3-12)21(28)29)26-19(27)16-8-14(22)10-25-20(16)30-15-6-7-17(23)18(24)9-15/h2-11H,1H3,(H,26,27)(H,28,29)/t11-/m0/s1. The third kappa shape index (κ3) is 5.06. The summed E-state index contributed by atoms with van der Waals surface area (Å²) in [7, 11) is 0. The van der Waals surface area contributed by atoms with Crippen LogP contribution >= 0.6 is 23.2 Å². The van der Waals surface area contributed by atoms with Crippen LogP contribution in [0.2, 0.25) is 10.0 Å². The average Bonchev–Trinajstić information content (AvgIpc) is 2.72. The number of amides is 1. The van der Waals surface area contributed by atoms with Crippen LogP contribution in [-0.4, -0.2) is 22.0 Å². The summed E-state index contributed by atoms with van der Waals surface area (Å²) in [4.78, 5) is 27.8. The molecule has 0 aliphatic carbocycles. The van der Waals surface area contributed by atoms with Crippen molar-refractivity contribution in [3.8, 4) is 11.6 Å². The zero-order valence-corrected chi connectivity index (χ0v) is 17.0. The van der Waals surface area contributed by atoms with Gasteiger partial charge in [-0.2, -0.15) is 0 Å². The SMILES string of the molecule is C[C@H](NC(=O)c1cc(Cl)cnc1Oc1ccc(Cl)c(F)c1)c1ccc(C(=O)O)cc1. The van der Waals surface area contributed by atoms with Crippen molar-refractivity contribution in [3.63, 3.8) is 0 Å². The van der Waals surface area contributed by atoms with Gasteiger partial charge in [-0.3, -0.25) is 4.79 Å². The molecule has 0 saturated heterocycles. The first-order chi connectivity index (χ1) is 14.2. The maximum atomic E-state index is 13.7. The molecule has 0 aliphatic heterocycles. The molecule has 3 aromatic rings. The molecular weight excluding hydrogens is 434 g/mol. The zero-order valence-electron chi connectivity index (χ0n) is 15.5. The number of benzene rings is 2. The van der Waals surface area contributed by atoms with Crippen molar-refractivity contribution in [2.45, 2.75) is 13.0 Å². The molecule has 0 bridgehead atoms. The zero-order chi connectivity index (χ0) is 21.8. The van der Waals surface area contributed by atoms with Crippen molar-refractivity contribution in [2.75, 3.05) is 0 Å². The number of aromatic carboxylic acids is 1. The number of hydrogen-bond donors (Lipinski definition) is 2. The molecule has 2 N–H and O–H groups in total. The van der Waals surface area contributed by atoms with Crippen molar-refractivity contribution < 1.29 is 23.8 Å². The molecular formula is C21H15Cl2FN2O4. The molecule has 0 fully saturated rings. The average molecular weight is 449 g/mol. The first-order valence-electron chi connectivity index (χ1n) is 8.67. The van der Waals surface area contributed by atoms with E-state index in [1.54, 1.807) is 19.1 Å². The summed E-state index contributed by atoms with van der Waals surface area (Å²) in [5, 5.41) is 11.9. The summed E-state index contributed by atoms with van der Waals surface area (Å²) < 4.78 is 19.2. The molecule has 0 radical (unpaired) electrons. The van der Waals surface area contributed by atoms with Crippen LogP contribution in [0.25, 0.3) is 0 Å². The Morgan fingerprint density at radius 2 is 1.83 bits per heavy atom. The predicted octanol–water partition coefficient (Wildman–Crippen LogP) is 5.51. The smallest absolute Gasteiger partial charge is 0.335 e. The van der Waals surface area contributed by atoms with E-state index in [1.165, 1.54) is 36.5 Å². The number of carbonyl (C=O) groups is 2. The van der Waals surface area contributed by atoms with Gasteiger partial charge in [-0.1, -0.05) is 35.3 Å². The Hall–Kier alpha value is -3.16. The lowest BCUT2D eigenvalue weighted by molar-refractivity contribution is 0.0696. The monoisotopic (exact) mass is 448 g/mol. The van der Waals surface area contributed by atoms with Crippen molar-refractivity contribution in [3.05, 3.63) is 87.3 Å². The van der Waals surface area contributed by atoms with Gasteiger partial charge in [0, 0.05) is 12.3 Å². The third-order valence-corrected chi connectivity index (χ3v) is 4.69. The van der Waals surface area contributed by atoms with Gasteiger partial charge in [0.1, 0.15) is 17.1 Å². The van der Waals surface area contributed by atoms with Gasteiger partial charge in [0.15, 0.2) is 0 Å². The molecule has 9 heteroatoms. The lowest BCUT2D eigenvalue weighted by Crippen LogP contribution is -2.27. The molecule has 0 unspecified atom stereocenters. The fourth-order valence-corrected chi connectivity index (χ4v) is 2.87. The number of aromatic nitrogens is 1. The Morgan fingerprint density at radius 1 is 1.13 bits per heavy atom. The van der Waals surface area contributed by atoms with E-state index in [9.17, 15) is 14.0 Å². The Bertz CT molecular complexity index is 1110. The lowest BCUT2D eigenvalue weighted by atomic mass is 10.1. The van der Waals surface area contributed by atoms with Crippen LogP contribution in [0.3, 0.4) is 0 Å². The second-order valence-electron chi connectivity index (χ2n) is 6.31. The highest BCUT2D eigenvalue weighted by Gasteiger charge is 2.19. The molecule has 1 heterocycles. The van der Waals surface area contributed by atoms with Gasteiger partial charge in [-0.25, -0.2) is 14.2 Å². The van der Waals surface area contributed by atoms with Crippen molar-refractivity contribution >= 4 is 35.1 Å². The number of nitrogens with one attached hydrogen (secondary N) is 1. The van der Waals surface area contributed by atoms with E-state index in [2.05, 4.69) is 10.3 Å². The van der Waals surface area contributed by atoms with E-state index in [0.29, 0.717) is 5.56 Å². The minimum atomic E-state index is -1.04. The van der Waals surface area contributed by atoms with Gasteiger partial charge in [-0.15, -0.1) is 0 Å². The molecule has 0 aliphatic rings. The first kappa shape index (κ1) is 21.5. The van der Waals surface area contributed by atoms with E-state index in [1.807, 2.05) is 0 Å². The minimum Gasteiger partial charge on any atom is -0.478 e. The number of halogens is 3. The van der Waals surface area contributed by atoms with E-state index in [0.717, 1.165) is 6.07 Å². The molecule has 0 saturated carbocycles. The molecule has 1 amide bonds. The number of carboxylic acids is 1. The Kier molecular flexibility index (Phi) is 6.54. The summed E-state index contributed by atoms with van der Waals surface area (Å²) >= 11 is 11.6. The van der Waals surface area contributed by atoms with Crippen LogP contribution in [0.5, 0.6) is 11.6 Å². The number of hydrogen-bond acceptors (Lipinski definition) is 4. The maximum absolute atomic E-state index is 13.7. The van der Waals surface area contributed by atoms with Gasteiger partial charge in [0.25, 0.3) is 5.91 Å². The van der Waals surface area contributed by atoms with Crippen LogP contribution in [0, 0.1) is 5.82 Å². The van der Waals surface area contributed by atoms with E-state index in [4.69, 9.17) is 33.0 Å². The van der Waals surface area contributed by atoms with Crippen LogP contribution < -0.4 is 10.1 Å². The lowest BCUT2D eigenvalue weighted by Gasteiger charge is -2.16. The molecule has 30 heavy (non-hydrogen) atoms. The maximum Gasteiger partial charge on any atom is 0.335 e. The Labute approximate surface area is 181 Å². The van der Waals surface area contributed by atoms with Gasteiger partial charge in [0.2, 0.25) is 5.88 Å². The number of pyridine rings is 1. The second kappa shape index (κ2) is 9.11. The van der Waals surface area contributed by atoms with Gasteiger partial charge < -0.3 is 15.2 Å². The number of nitrogens with zero attached hydrogens (tertiary/aromatic N) is 1. The number of ether oxygens (including phenoxy) is 1. The van der Waals surface area contributed by atoms with Crippen LogP contribution in [0.1, 0.15) is 39.2 Å². The van der Waals surface area contributed by atoms with Crippen LogP contribution in [0.4, 0.5) is 4.39 Å². The summed E-state index contributed by atoms with van der Waals surface area (Å²) in [5.41, 5.74) is 0.889. The topological polar surface area (TPSA) is 88.5 Å². The molecule has 1 aromatic heterocycles. The fraction of sp³-hybridized carbons (Fsp3) is 0.0952. The van der Waals surface area contributed by atoms with E-state index >= 15 is 0 Å². The highest BCUT2D eigenvalue weighted by Crippen LogP contribution is 2.28. The Morgan fingerprint density at radius 3 is 2.47 bits per heavy atom. The third-order valence-electron chi connectivity index (χ3n) is 4.17. The highest BCUT2D eigenvalue weighted by atomic mass is 35.5. The molecule has 1 atom stereocenters. The Balaban J connectivity index is 1.81. The van der Waals surface area contributed by atoms with E-state index < -0.39 is 23.7 Å². The van der Waals surface area contributed by atoms with Crippen molar-refractivity contribution in [1.82, 2.24) is 10.3 Å².